The lowest BCUT2D eigenvalue weighted by molar-refractivity contribution is -0.136. The Morgan fingerprint density at radius 2 is 1.45 bits per heavy atom. The van der Waals surface area contributed by atoms with Gasteiger partial charge in [0.2, 0.25) is 0 Å². The molecule has 0 saturated heterocycles. The number of hydrogen-bond donors (Lipinski definition) is 2. The number of anilines is 1. The number of carbonyl (C=O) groups is 3. The number of hydrogen-bond acceptors (Lipinski definition) is 6. The topological polar surface area (TPSA) is 106 Å². The second-order valence-electron chi connectivity index (χ2n) is 6.21. The number of rotatable bonds is 6. The lowest BCUT2D eigenvalue weighted by Gasteiger charge is -2.05. The van der Waals surface area contributed by atoms with Crippen molar-refractivity contribution < 1.29 is 23.9 Å². The first-order valence-electron chi connectivity index (χ1n) is 9.21. The molecule has 31 heavy (non-hydrogen) atoms. The molecule has 3 aromatic rings. The van der Waals surface area contributed by atoms with Gasteiger partial charge in [-0.25, -0.2) is 10.2 Å². The molecule has 0 spiro atoms. The van der Waals surface area contributed by atoms with Gasteiger partial charge in [0, 0.05) is 5.69 Å². The molecule has 0 radical (unpaired) electrons. The molecule has 8 nitrogen and oxygen atoms in total. The number of nitrogens with one attached hydrogen (secondary N) is 2. The Hall–Kier alpha value is -4.46. The van der Waals surface area contributed by atoms with Gasteiger partial charge in [-0.05, 0) is 66.2 Å². The Bertz CT molecular complexity index is 1080. The SMILES string of the molecule is COc1ccc(C(=O)Oc2ccc(/C=N\NC(=O)C(=O)Nc3ccccc3)cc2)cc1. The molecule has 0 aromatic heterocycles. The van der Waals surface area contributed by atoms with Crippen LogP contribution in [0, 0.1) is 0 Å². The number of hydrazone groups is 1. The molecule has 3 aromatic carbocycles. The van der Waals surface area contributed by atoms with Gasteiger partial charge in [0.15, 0.2) is 0 Å². The molecule has 0 atom stereocenters. The van der Waals surface area contributed by atoms with Crippen molar-refractivity contribution in [3.8, 4) is 11.5 Å². The smallest absolute Gasteiger partial charge is 0.343 e. The van der Waals surface area contributed by atoms with Crippen LogP contribution in [0.5, 0.6) is 11.5 Å². The highest BCUT2D eigenvalue weighted by Crippen LogP contribution is 2.16. The molecule has 0 heterocycles. The first-order chi connectivity index (χ1) is 15.0. The summed E-state index contributed by atoms with van der Waals surface area (Å²) in [5.74, 6) is -1.23. The molecular formula is C23H19N3O5. The van der Waals surface area contributed by atoms with Gasteiger partial charge in [-0.1, -0.05) is 18.2 Å². The number of methoxy groups -OCH3 is 1. The van der Waals surface area contributed by atoms with Crippen LogP contribution in [0.2, 0.25) is 0 Å². The summed E-state index contributed by atoms with van der Waals surface area (Å²) in [6, 6.07) is 21.6. The number of carbonyl (C=O) groups excluding carboxylic acids is 3. The molecule has 0 bridgehead atoms. The first kappa shape index (κ1) is 21.3. The summed E-state index contributed by atoms with van der Waals surface area (Å²) in [6.07, 6.45) is 1.36. The van der Waals surface area contributed by atoms with Crippen molar-refractivity contribution >= 4 is 29.7 Å². The van der Waals surface area contributed by atoms with Crippen LogP contribution in [-0.2, 0) is 9.59 Å². The number of ether oxygens (including phenoxy) is 2. The average Bonchev–Trinajstić information content (AvgIpc) is 2.80. The number of benzene rings is 3. The first-order valence-corrected chi connectivity index (χ1v) is 9.21. The molecule has 2 amide bonds. The van der Waals surface area contributed by atoms with Gasteiger partial charge in [0.25, 0.3) is 0 Å². The molecule has 3 rings (SSSR count). The molecule has 0 fully saturated rings. The van der Waals surface area contributed by atoms with E-state index in [4.69, 9.17) is 9.47 Å². The maximum Gasteiger partial charge on any atom is 0.343 e. The van der Waals surface area contributed by atoms with Crippen molar-refractivity contribution in [2.75, 3.05) is 12.4 Å². The van der Waals surface area contributed by atoms with Gasteiger partial charge in [-0.15, -0.1) is 0 Å². The fourth-order valence-corrected chi connectivity index (χ4v) is 2.44. The lowest BCUT2D eigenvalue weighted by Crippen LogP contribution is -2.32. The Kier molecular flexibility index (Phi) is 7.10. The van der Waals surface area contributed by atoms with E-state index in [1.807, 2.05) is 0 Å². The Morgan fingerprint density at radius 3 is 2.10 bits per heavy atom. The van der Waals surface area contributed by atoms with Crippen molar-refractivity contribution in [1.29, 1.82) is 0 Å². The minimum Gasteiger partial charge on any atom is -0.497 e. The van der Waals surface area contributed by atoms with Crippen molar-refractivity contribution in [3.63, 3.8) is 0 Å². The summed E-state index contributed by atoms with van der Waals surface area (Å²) in [5, 5.41) is 6.21. The summed E-state index contributed by atoms with van der Waals surface area (Å²) in [4.78, 5) is 35.8. The zero-order valence-electron chi connectivity index (χ0n) is 16.6. The molecule has 0 aliphatic rings. The Labute approximate surface area is 178 Å². The predicted octanol–water partition coefficient (Wildman–Crippen LogP) is 3.00. The van der Waals surface area contributed by atoms with Crippen molar-refractivity contribution in [1.82, 2.24) is 5.43 Å². The van der Waals surface area contributed by atoms with Crippen LogP contribution in [0.15, 0.2) is 84.0 Å². The Morgan fingerprint density at radius 1 is 0.806 bits per heavy atom. The van der Waals surface area contributed by atoms with Crippen molar-refractivity contribution in [2.24, 2.45) is 5.10 Å². The molecule has 8 heteroatoms. The summed E-state index contributed by atoms with van der Waals surface area (Å²) < 4.78 is 10.4. The Balaban J connectivity index is 1.50. The molecule has 2 N–H and O–H groups in total. The number of amides is 2. The highest BCUT2D eigenvalue weighted by atomic mass is 16.5. The van der Waals surface area contributed by atoms with Crippen molar-refractivity contribution in [2.45, 2.75) is 0 Å². The van der Waals surface area contributed by atoms with Gasteiger partial charge >= 0.3 is 17.8 Å². The number of para-hydroxylation sites is 1. The standard InChI is InChI=1S/C23H19N3O5/c1-30-19-13-9-17(10-14-19)23(29)31-20-11-7-16(8-12-20)15-24-26-22(28)21(27)25-18-5-3-2-4-6-18/h2-15H,1H3,(H,25,27)(H,26,28)/b24-15-. The van der Waals surface area contributed by atoms with Crippen LogP contribution in [-0.4, -0.2) is 31.1 Å². The average molecular weight is 417 g/mol. The fourth-order valence-electron chi connectivity index (χ4n) is 2.44. The maximum absolute atomic E-state index is 12.2. The van der Waals surface area contributed by atoms with Crippen molar-refractivity contribution in [3.05, 3.63) is 90.0 Å². The van der Waals surface area contributed by atoms with Crippen LogP contribution in [0.4, 0.5) is 5.69 Å². The minimum absolute atomic E-state index is 0.351. The third-order valence-corrected chi connectivity index (χ3v) is 4.03. The highest BCUT2D eigenvalue weighted by Gasteiger charge is 2.12. The third-order valence-electron chi connectivity index (χ3n) is 4.03. The van der Waals surface area contributed by atoms with E-state index in [0.29, 0.717) is 28.3 Å². The normalized spacial score (nSPS) is 10.4. The predicted molar refractivity (Wildman–Crippen MR) is 115 cm³/mol. The van der Waals surface area contributed by atoms with E-state index >= 15 is 0 Å². The highest BCUT2D eigenvalue weighted by molar-refractivity contribution is 6.39. The molecule has 0 unspecified atom stereocenters. The molecule has 0 aliphatic heterocycles. The van der Waals surface area contributed by atoms with Crippen LogP contribution in [0.3, 0.4) is 0 Å². The van der Waals surface area contributed by atoms with E-state index in [1.165, 1.54) is 6.21 Å². The van der Waals surface area contributed by atoms with E-state index < -0.39 is 17.8 Å². The quantitative estimate of drug-likeness (QED) is 0.211. The van der Waals surface area contributed by atoms with E-state index in [0.717, 1.165) is 0 Å². The maximum atomic E-state index is 12.2. The summed E-state index contributed by atoms with van der Waals surface area (Å²) >= 11 is 0. The van der Waals surface area contributed by atoms with E-state index in [2.05, 4.69) is 15.8 Å². The van der Waals surface area contributed by atoms with Crippen LogP contribution in [0.25, 0.3) is 0 Å². The molecule has 0 saturated carbocycles. The summed E-state index contributed by atoms with van der Waals surface area (Å²) in [7, 11) is 1.54. The third kappa shape index (κ3) is 6.26. The largest absolute Gasteiger partial charge is 0.497 e. The zero-order valence-corrected chi connectivity index (χ0v) is 16.6. The molecule has 0 aliphatic carbocycles. The summed E-state index contributed by atoms with van der Waals surface area (Å²) in [5.41, 5.74) is 3.68. The molecular weight excluding hydrogens is 398 g/mol. The van der Waals surface area contributed by atoms with Gasteiger partial charge in [-0.3, -0.25) is 9.59 Å². The van der Waals surface area contributed by atoms with Gasteiger partial charge in [0.05, 0.1) is 18.9 Å². The van der Waals surface area contributed by atoms with Gasteiger partial charge in [0.1, 0.15) is 11.5 Å². The zero-order chi connectivity index (χ0) is 22.1. The molecule has 156 valence electrons. The number of nitrogens with zero attached hydrogens (tertiary/aromatic N) is 1. The second-order valence-corrected chi connectivity index (χ2v) is 6.21. The monoisotopic (exact) mass is 417 g/mol. The second kappa shape index (κ2) is 10.4. The fraction of sp³-hybridized carbons (Fsp3) is 0.0435. The van der Waals surface area contributed by atoms with Gasteiger partial charge < -0.3 is 14.8 Å². The van der Waals surface area contributed by atoms with Crippen LogP contribution < -0.4 is 20.2 Å². The van der Waals surface area contributed by atoms with E-state index in [1.54, 1.807) is 86.0 Å². The van der Waals surface area contributed by atoms with E-state index in [-0.39, 0.29) is 0 Å². The summed E-state index contributed by atoms with van der Waals surface area (Å²) in [6.45, 7) is 0. The number of esters is 1. The van der Waals surface area contributed by atoms with Crippen LogP contribution in [0.1, 0.15) is 15.9 Å². The van der Waals surface area contributed by atoms with E-state index in [9.17, 15) is 14.4 Å². The minimum atomic E-state index is -0.898. The lowest BCUT2D eigenvalue weighted by atomic mass is 10.2. The van der Waals surface area contributed by atoms with Gasteiger partial charge in [-0.2, -0.15) is 5.10 Å². The van der Waals surface area contributed by atoms with Crippen LogP contribution >= 0.6 is 0 Å².